The SMILES string of the molecule is C[C@@H]1CCC[C@@H](C)N1/N=C\c1ccncc1. The molecule has 1 aromatic rings. The third-order valence-electron chi connectivity index (χ3n) is 3.19. The molecule has 86 valence electrons. The van der Waals surface area contributed by atoms with Gasteiger partial charge < -0.3 is 0 Å². The van der Waals surface area contributed by atoms with Gasteiger partial charge in [0.25, 0.3) is 0 Å². The Bertz CT molecular complexity index is 337. The van der Waals surface area contributed by atoms with E-state index in [1.54, 1.807) is 12.4 Å². The number of hydrogen-bond donors (Lipinski definition) is 0. The number of hydrazone groups is 1. The molecule has 3 nitrogen and oxygen atoms in total. The molecule has 0 amide bonds. The number of nitrogens with zero attached hydrogens (tertiary/aromatic N) is 3. The minimum Gasteiger partial charge on any atom is -0.292 e. The molecule has 16 heavy (non-hydrogen) atoms. The van der Waals surface area contributed by atoms with Gasteiger partial charge in [-0.2, -0.15) is 5.10 Å². The van der Waals surface area contributed by atoms with Gasteiger partial charge in [0.15, 0.2) is 0 Å². The first-order valence-corrected chi connectivity index (χ1v) is 5.99. The summed E-state index contributed by atoms with van der Waals surface area (Å²) >= 11 is 0. The van der Waals surface area contributed by atoms with E-state index >= 15 is 0 Å². The first-order valence-electron chi connectivity index (χ1n) is 5.99. The second kappa shape index (κ2) is 5.10. The molecule has 1 aliphatic heterocycles. The van der Waals surface area contributed by atoms with E-state index in [0.29, 0.717) is 12.1 Å². The fraction of sp³-hybridized carbons (Fsp3) is 0.538. The molecule has 0 N–H and O–H groups in total. The highest BCUT2D eigenvalue weighted by atomic mass is 15.5. The molecule has 0 aromatic carbocycles. The smallest absolute Gasteiger partial charge is 0.0544 e. The lowest BCUT2D eigenvalue weighted by molar-refractivity contribution is 0.109. The van der Waals surface area contributed by atoms with E-state index in [4.69, 9.17) is 0 Å². The third-order valence-corrected chi connectivity index (χ3v) is 3.19. The molecule has 1 fully saturated rings. The normalized spacial score (nSPS) is 26.2. The summed E-state index contributed by atoms with van der Waals surface area (Å²) in [6.07, 6.45) is 9.34. The Hall–Kier alpha value is -1.38. The first kappa shape index (κ1) is 11.1. The van der Waals surface area contributed by atoms with Crippen molar-refractivity contribution in [2.24, 2.45) is 5.10 Å². The van der Waals surface area contributed by atoms with Crippen molar-refractivity contribution in [3.8, 4) is 0 Å². The Kier molecular flexibility index (Phi) is 3.54. The highest BCUT2D eigenvalue weighted by Gasteiger charge is 2.22. The molecule has 0 bridgehead atoms. The van der Waals surface area contributed by atoms with Crippen LogP contribution in [-0.2, 0) is 0 Å². The number of piperidine rings is 1. The summed E-state index contributed by atoms with van der Waals surface area (Å²) in [6, 6.07) is 5.06. The zero-order valence-corrected chi connectivity index (χ0v) is 10.0. The second-order valence-electron chi connectivity index (χ2n) is 4.53. The average Bonchev–Trinajstić information content (AvgIpc) is 2.30. The van der Waals surface area contributed by atoms with Gasteiger partial charge in [-0.15, -0.1) is 0 Å². The third kappa shape index (κ3) is 2.60. The summed E-state index contributed by atoms with van der Waals surface area (Å²) in [5.74, 6) is 0. The van der Waals surface area contributed by atoms with Gasteiger partial charge in [-0.1, -0.05) is 0 Å². The van der Waals surface area contributed by atoms with Gasteiger partial charge in [0.05, 0.1) is 6.21 Å². The van der Waals surface area contributed by atoms with Gasteiger partial charge in [0.2, 0.25) is 0 Å². The molecular weight excluding hydrogens is 198 g/mol. The Morgan fingerprint density at radius 3 is 2.50 bits per heavy atom. The van der Waals surface area contributed by atoms with Gasteiger partial charge >= 0.3 is 0 Å². The van der Waals surface area contributed by atoms with Crippen LogP contribution >= 0.6 is 0 Å². The molecule has 1 aromatic heterocycles. The Morgan fingerprint density at radius 2 is 1.88 bits per heavy atom. The van der Waals surface area contributed by atoms with Gasteiger partial charge in [-0.3, -0.25) is 9.99 Å². The molecular formula is C13H19N3. The van der Waals surface area contributed by atoms with Crippen molar-refractivity contribution < 1.29 is 0 Å². The standard InChI is InChI=1S/C13H19N3/c1-11-4-3-5-12(2)16(11)15-10-13-6-8-14-9-7-13/h6-12H,3-5H2,1-2H3/b15-10-/t11-,12-/m1/s1. The molecule has 3 heteroatoms. The summed E-state index contributed by atoms with van der Waals surface area (Å²) < 4.78 is 0. The van der Waals surface area contributed by atoms with Crippen molar-refractivity contribution >= 4 is 6.21 Å². The van der Waals surface area contributed by atoms with Crippen molar-refractivity contribution in [2.75, 3.05) is 0 Å². The molecule has 0 saturated carbocycles. The fourth-order valence-corrected chi connectivity index (χ4v) is 2.22. The molecule has 0 radical (unpaired) electrons. The van der Waals surface area contributed by atoms with E-state index in [1.165, 1.54) is 19.3 Å². The van der Waals surface area contributed by atoms with Crippen LogP contribution in [0.3, 0.4) is 0 Å². The zero-order valence-electron chi connectivity index (χ0n) is 10.0. The predicted molar refractivity (Wildman–Crippen MR) is 66.4 cm³/mol. The minimum atomic E-state index is 0.557. The van der Waals surface area contributed by atoms with Gasteiger partial charge in [-0.05, 0) is 50.8 Å². The van der Waals surface area contributed by atoms with Crippen molar-refractivity contribution in [1.82, 2.24) is 9.99 Å². The Morgan fingerprint density at radius 1 is 1.25 bits per heavy atom. The van der Waals surface area contributed by atoms with Crippen molar-refractivity contribution in [2.45, 2.75) is 45.2 Å². The lowest BCUT2D eigenvalue weighted by Gasteiger charge is -2.36. The van der Waals surface area contributed by atoms with Crippen LogP contribution in [0.15, 0.2) is 29.6 Å². The van der Waals surface area contributed by atoms with E-state index < -0.39 is 0 Å². The summed E-state index contributed by atoms with van der Waals surface area (Å²) in [6.45, 7) is 4.50. The number of hydrogen-bond acceptors (Lipinski definition) is 3. The Balaban J connectivity index is 2.05. The van der Waals surface area contributed by atoms with Crippen LogP contribution in [0.1, 0.15) is 38.7 Å². The maximum atomic E-state index is 4.60. The zero-order chi connectivity index (χ0) is 11.4. The van der Waals surface area contributed by atoms with Gasteiger partial charge in [0.1, 0.15) is 0 Å². The molecule has 2 rings (SSSR count). The number of rotatable bonds is 2. The van der Waals surface area contributed by atoms with Gasteiger partial charge in [-0.25, -0.2) is 0 Å². The maximum absolute atomic E-state index is 4.60. The van der Waals surface area contributed by atoms with E-state index in [1.807, 2.05) is 18.3 Å². The summed E-state index contributed by atoms with van der Waals surface area (Å²) in [5.41, 5.74) is 1.11. The van der Waals surface area contributed by atoms with E-state index in [2.05, 4.69) is 28.9 Å². The number of pyridine rings is 1. The predicted octanol–water partition coefficient (Wildman–Crippen LogP) is 2.68. The van der Waals surface area contributed by atoms with Crippen LogP contribution in [0.2, 0.25) is 0 Å². The van der Waals surface area contributed by atoms with Crippen LogP contribution in [-0.4, -0.2) is 28.3 Å². The van der Waals surface area contributed by atoms with Gasteiger partial charge in [0, 0.05) is 24.5 Å². The highest BCUT2D eigenvalue weighted by molar-refractivity contribution is 5.78. The average molecular weight is 217 g/mol. The number of aromatic nitrogens is 1. The molecule has 0 spiro atoms. The quantitative estimate of drug-likeness (QED) is 0.712. The van der Waals surface area contributed by atoms with E-state index in [-0.39, 0.29) is 0 Å². The Labute approximate surface area is 97.2 Å². The maximum Gasteiger partial charge on any atom is 0.0544 e. The molecule has 0 unspecified atom stereocenters. The summed E-state index contributed by atoms with van der Waals surface area (Å²) in [4.78, 5) is 3.99. The molecule has 2 heterocycles. The van der Waals surface area contributed by atoms with E-state index in [9.17, 15) is 0 Å². The second-order valence-corrected chi connectivity index (χ2v) is 4.53. The van der Waals surface area contributed by atoms with Crippen LogP contribution in [0, 0.1) is 0 Å². The minimum absolute atomic E-state index is 0.557. The van der Waals surface area contributed by atoms with Crippen molar-refractivity contribution in [3.63, 3.8) is 0 Å². The van der Waals surface area contributed by atoms with Crippen LogP contribution in [0.5, 0.6) is 0 Å². The lowest BCUT2D eigenvalue weighted by Crippen LogP contribution is -2.39. The highest BCUT2D eigenvalue weighted by Crippen LogP contribution is 2.22. The first-order chi connectivity index (χ1) is 7.77. The lowest BCUT2D eigenvalue weighted by atomic mass is 10.00. The van der Waals surface area contributed by atoms with Crippen LogP contribution < -0.4 is 0 Å². The van der Waals surface area contributed by atoms with Crippen molar-refractivity contribution in [3.05, 3.63) is 30.1 Å². The molecule has 0 aliphatic carbocycles. The fourth-order valence-electron chi connectivity index (χ4n) is 2.22. The molecule has 1 aliphatic rings. The van der Waals surface area contributed by atoms with E-state index in [0.717, 1.165) is 5.56 Å². The summed E-state index contributed by atoms with van der Waals surface area (Å²) in [7, 11) is 0. The molecule has 2 atom stereocenters. The van der Waals surface area contributed by atoms with Crippen molar-refractivity contribution in [1.29, 1.82) is 0 Å². The molecule has 1 saturated heterocycles. The summed E-state index contributed by atoms with van der Waals surface area (Å²) in [5, 5.41) is 6.82. The van der Waals surface area contributed by atoms with Crippen LogP contribution in [0.25, 0.3) is 0 Å². The topological polar surface area (TPSA) is 28.5 Å². The van der Waals surface area contributed by atoms with Crippen LogP contribution in [0.4, 0.5) is 0 Å². The monoisotopic (exact) mass is 217 g/mol. The largest absolute Gasteiger partial charge is 0.292 e.